The summed E-state index contributed by atoms with van der Waals surface area (Å²) in [6.07, 6.45) is -0.593. The molecule has 136 valence electrons. The molecule has 0 saturated carbocycles. The predicted molar refractivity (Wildman–Crippen MR) is 101 cm³/mol. The Bertz CT molecular complexity index is 714. The molecule has 0 saturated heterocycles. The number of hydrogen-bond acceptors (Lipinski definition) is 4. The van der Waals surface area contributed by atoms with Crippen molar-refractivity contribution in [3.63, 3.8) is 0 Å². The van der Waals surface area contributed by atoms with Gasteiger partial charge < -0.3 is 14.9 Å². The Morgan fingerprint density at radius 3 is 2.44 bits per heavy atom. The van der Waals surface area contributed by atoms with Crippen LogP contribution < -0.4 is 4.74 Å². The van der Waals surface area contributed by atoms with E-state index in [1.165, 1.54) is 5.56 Å². The molecule has 4 nitrogen and oxygen atoms in total. The minimum atomic E-state index is -0.593. The predicted octanol–water partition coefficient (Wildman–Crippen LogP) is 3.75. The first-order chi connectivity index (χ1) is 11.8. The first-order valence-electron chi connectivity index (χ1n) is 8.66. The Balaban J connectivity index is 1.94. The minimum absolute atomic E-state index is 0.0872. The first-order valence-corrected chi connectivity index (χ1v) is 8.66. The van der Waals surface area contributed by atoms with Crippen molar-refractivity contribution in [1.29, 1.82) is 0 Å². The van der Waals surface area contributed by atoms with Crippen molar-refractivity contribution >= 4 is 0 Å². The maximum Gasteiger partial charge on any atom is 0.125 e. The first kappa shape index (κ1) is 19.3. The highest BCUT2D eigenvalue weighted by atomic mass is 16.5. The number of rotatable bonds is 7. The maximum absolute atomic E-state index is 10.4. The molecule has 0 fully saturated rings. The molecule has 25 heavy (non-hydrogen) atoms. The van der Waals surface area contributed by atoms with Crippen LogP contribution in [0.1, 0.15) is 35.2 Å². The smallest absolute Gasteiger partial charge is 0.125 e. The van der Waals surface area contributed by atoms with E-state index in [9.17, 15) is 10.2 Å². The SMILES string of the molecule is Cc1ccc(C)c(OCC(O)CN(C)C(C)c2cccc(O)c2)c1C. The van der Waals surface area contributed by atoms with Crippen LogP contribution in [-0.4, -0.2) is 41.4 Å². The Morgan fingerprint density at radius 2 is 1.76 bits per heavy atom. The zero-order chi connectivity index (χ0) is 18.6. The number of likely N-dealkylation sites (N-methyl/N-ethyl adjacent to an activating group) is 1. The fourth-order valence-corrected chi connectivity index (χ4v) is 2.91. The summed E-state index contributed by atoms with van der Waals surface area (Å²) >= 11 is 0. The molecular weight excluding hydrogens is 314 g/mol. The number of ether oxygens (including phenoxy) is 1. The third-order valence-electron chi connectivity index (χ3n) is 4.81. The van der Waals surface area contributed by atoms with Crippen LogP contribution in [0, 0.1) is 20.8 Å². The van der Waals surface area contributed by atoms with Crippen molar-refractivity contribution in [3.05, 3.63) is 58.7 Å². The van der Waals surface area contributed by atoms with Crippen LogP contribution in [0.25, 0.3) is 0 Å². The average molecular weight is 343 g/mol. The van der Waals surface area contributed by atoms with Gasteiger partial charge in [0, 0.05) is 12.6 Å². The molecule has 4 heteroatoms. The van der Waals surface area contributed by atoms with Gasteiger partial charge in [-0.3, -0.25) is 4.90 Å². The van der Waals surface area contributed by atoms with Crippen LogP contribution in [0.2, 0.25) is 0 Å². The lowest BCUT2D eigenvalue weighted by Crippen LogP contribution is -2.34. The zero-order valence-electron chi connectivity index (χ0n) is 15.8. The fraction of sp³-hybridized carbons (Fsp3) is 0.429. The van der Waals surface area contributed by atoms with Crippen LogP contribution >= 0.6 is 0 Å². The molecule has 0 aliphatic rings. The maximum atomic E-state index is 10.4. The highest BCUT2D eigenvalue weighted by molar-refractivity contribution is 5.44. The van der Waals surface area contributed by atoms with E-state index in [-0.39, 0.29) is 18.4 Å². The van der Waals surface area contributed by atoms with Gasteiger partial charge >= 0.3 is 0 Å². The highest BCUT2D eigenvalue weighted by Gasteiger charge is 2.17. The summed E-state index contributed by atoms with van der Waals surface area (Å²) in [5.74, 6) is 1.12. The number of phenolic OH excluding ortho intramolecular Hbond substituents is 1. The molecule has 2 N–H and O–H groups in total. The highest BCUT2D eigenvalue weighted by Crippen LogP contribution is 2.26. The van der Waals surface area contributed by atoms with Crippen molar-refractivity contribution in [2.24, 2.45) is 0 Å². The summed E-state index contributed by atoms with van der Waals surface area (Å²) in [7, 11) is 1.96. The number of aliphatic hydroxyl groups is 1. The van der Waals surface area contributed by atoms with Gasteiger partial charge in [-0.05, 0) is 69.1 Å². The Morgan fingerprint density at radius 1 is 1.08 bits per heavy atom. The van der Waals surface area contributed by atoms with E-state index in [2.05, 4.69) is 24.8 Å². The van der Waals surface area contributed by atoms with Crippen LogP contribution in [0.15, 0.2) is 36.4 Å². The molecule has 2 rings (SSSR count). The summed E-state index contributed by atoms with van der Waals surface area (Å²) in [5.41, 5.74) is 4.40. The molecule has 2 atom stereocenters. The molecular formula is C21H29NO3. The molecule has 0 amide bonds. The number of aliphatic hydroxyl groups excluding tert-OH is 1. The topological polar surface area (TPSA) is 52.9 Å². The fourth-order valence-electron chi connectivity index (χ4n) is 2.91. The molecule has 0 aromatic heterocycles. The lowest BCUT2D eigenvalue weighted by atomic mass is 10.1. The van der Waals surface area contributed by atoms with Gasteiger partial charge in [0.1, 0.15) is 24.2 Å². The van der Waals surface area contributed by atoms with Crippen LogP contribution in [0.4, 0.5) is 0 Å². The second-order valence-corrected chi connectivity index (χ2v) is 6.83. The quantitative estimate of drug-likeness (QED) is 0.804. The Hall–Kier alpha value is -2.04. The van der Waals surface area contributed by atoms with Crippen molar-refractivity contribution in [2.45, 2.75) is 39.8 Å². The molecule has 2 aromatic carbocycles. The zero-order valence-corrected chi connectivity index (χ0v) is 15.8. The number of nitrogens with zero attached hydrogens (tertiary/aromatic N) is 1. The van der Waals surface area contributed by atoms with Gasteiger partial charge in [0.15, 0.2) is 0 Å². The largest absolute Gasteiger partial charge is 0.508 e. The Labute approximate surface area is 150 Å². The third kappa shape index (κ3) is 4.97. The van der Waals surface area contributed by atoms with E-state index in [0.717, 1.165) is 22.4 Å². The molecule has 0 aliphatic heterocycles. The van der Waals surface area contributed by atoms with Gasteiger partial charge in [0.05, 0.1) is 0 Å². The molecule has 0 heterocycles. The van der Waals surface area contributed by atoms with Crippen molar-refractivity contribution in [3.8, 4) is 11.5 Å². The van der Waals surface area contributed by atoms with Gasteiger partial charge in [0.2, 0.25) is 0 Å². The van der Waals surface area contributed by atoms with Crippen molar-refractivity contribution in [2.75, 3.05) is 20.2 Å². The standard InChI is InChI=1S/C21H29NO3/c1-14-9-10-15(2)21(16(14)3)25-13-20(24)12-22(5)17(4)18-7-6-8-19(23)11-18/h6-11,17,20,23-24H,12-13H2,1-5H3. The summed E-state index contributed by atoms with van der Waals surface area (Å²) in [6, 6.07) is 11.4. The number of benzene rings is 2. The summed E-state index contributed by atoms with van der Waals surface area (Å²) in [4.78, 5) is 2.05. The van der Waals surface area contributed by atoms with Crippen molar-refractivity contribution in [1.82, 2.24) is 4.90 Å². The third-order valence-corrected chi connectivity index (χ3v) is 4.81. The summed E-state index contributed by atoms with van der Waals surface area (Å²) in [5, 5.41) is 20.0. The Kier molecular flexibility index (Phi) is 6.45. The van der Waals surface area contributed by atoms with E-state index >= 15 is 0 Å². The van der Waals surface area contributed by atoms with E-state index in [1.54, 1.807) is 12.1 Å². The number of phenols is 1. The molecule has 0 aliphatic carbocycles. The monoisotopic (exact) mass is 343 g/mol. The van der Waals surface area contributed by atoms with E-state index in [0.29, 0.717) is 6.54 Å². The van der Waals surface area contributed by atoms with E-state index in [4.69, 9.17) is 4.74 Å². The molecule has 0 radical (unpaired) electrons. The van der Waals surface area contributed by atoms with Gasteiger partial charge in [-0.25, -0.2) is 0 Å². The van der Waals surface area contributed by atoms with E-state index < -0.39 is 6.10 Å². The molecule has 2 unspecified atom stereocenters. The van der Waals surface area contributed by atoms with E-state index in [1.807, 2.05) is 39.1 Å². The second-order valence-electron chi connectivity index (χ2n) is 6.83. The number of aryl methyl sites for hydroxylation is 2. The van der Waals surface area contributed by atoms with Crippen molar-refractivity contribution < 1.29 is 14.9 Å². The lowest BCUT2D eigenvalue weighted by molar-refractivity contribution is 0.0649. The van der Waals surface area contributed by atoms with Gasteiger partial charge in [0.25, 0.3) is 0 Å². The van der Waals surface area contributed by atoms with Gasteiger partial charge in [-0.15, -0.1) is 0 Å². The summed E-state index contributed by atoms with van der Waals surface area (Å²) in [6.45, 7) is 8.91. The van der Waals surface area contributed by atoms with Gasteiger partial charge in [-0.1, -0.05) is 24.3 Å². The minimum Gasteiger partial charge on any atom is -0.508 e. The molecule has 2 aromatic rings. The normalized spacial score (nSPS) is 13.7. The number of aromatic hydroxyl groups is 1. The lowest BCUT2D eigenvalue weighted by Gasteiger charge is -2.27. The molecule has 0 spiro atoms. The second kappa shape index (κ2) is 8.37. The average Bonchev–Trinajstić information content (AvgIpc) is 2.57. The van der Waals surface area contributed by atoms with Gasteiger partial charge in [-0.2, -0.15) is 0 Å². The number of hydrogen-bond donors (Lipinski definition) is 2. The van der Waals surface area contributed by atoms with Crippen LogP contribution in [-0.2, 0) is 0 Å². The van der Waals surface area contributed by atoms with Crippen LogP contribution in [0.3, 0.4) is 0 Å². The molecule has 0 bridgehead atoms. The van der Waals surface area contributed by atoms with Crippen LogP contribution in [0.5, 0.6) is 11.5 Å². The summed E-state index contributed by atoms with van der Waals surface area (Å²) < 4.78 is 5.90.